The highest BCUT2D eigenvalue weighted by atomic mass is 127. The van der Waals surface area contributed by atoms with Crippen molar-refractivity contribution in [1.29, 1.82) is 0 Å². The van der Waals surface area contributed by atoms with E-state index >= 15 is 0 Å². The summed E-state index contributed by atoms with van der Waals surface area (Å²) < 4.78 is 5.51. The van der Waals surface area contributed by atoms with Crippen molar-refractivity contribution in [2.24, 2.45) is 4.99 Å². The molecule has 6 nitrogen and oxygen atoms in total. The number of ether oxygens (including phenoxy) is 1. The zero-order valence-electron chi connectivity index (χ0n) is 17.8. The highest BCUT2D eigenvalue weighted by molar-refractivity contribution is 14.0. The van der Waals surface area contributed by atoms with Crippen LogP contribution in [0.4, 0.5) is 0 Å². The normalized spacial score (nSPS) is 20.9. The molecule has 0 saturated carbocycles. The molecule has 0 aliphatic carbocycles. The Balaban J connectivity index is 0.00000240. The van der Waals surface area contributed by atoms with Crippen LogP contribution in [-0.2, 0) is 11.3 Å². The molecule has 0 amide bonds. The number of nitrogens with zero attached hydrogens (tertiary/aromatic N) is 3. The summed E-state index contributed by atoms with van der Waals surface area (Å²) in [5.41, 5.74) is 5.05. The predicted octanol–water partition coefficient (Wildman–Crippen LogP) is 3.27. The number of morpholine rings is 1. The second-order valence-electron chi connectivity index (χ2n) is 7.96. The molecule has 1 aromatic heterocycles. The Morgan fingerprint density at radius 1 is 1.24 bits per heavy atom. The second-order valence-corrected chi connectivity index (χ2v) is 7.96. The fourth-order valence-electron chi connectivity index (χ4n) is 4.37. The lowest BCUT2D eigenvalue weighted by Gasteiger charge is -2.32. The number of aryl methyl sites for hydroxylation is 2. The molecule has 2 fully saturated rings. The van der Waals surface area contributed by atoms with E-state index in [2.05, 4.69) is 59.1 Å². The molecule has 2 saturated heterocycles. The van der Waals surface area contributed by atoms with Crippen LogP contribution in [0.5, 0.6) is 0 Å². The van der Waals surface area contributed by atoms with Gasteiger partial charge in [0.1, 0.15) is 0 Å². The SMILES string of the molecule is CCNC(=NCc1ccc2[nH]c(C)c(C)c2c1)N1CCC(N2CCOCC2)C1.I. The monoisotopic (exact) mass is 511 g/mol. The third-order valence-electron chi connectivity index (χ3n) is 6.14. The summed E-state index contributed by atoms with van der Waals surface area (Å²) in [6, 6.07) is 7.26. The van der Waals surface area contributed by atoms with Gasteiger partial charge in [-0.25, -0.2) is 4.99 Å². The average molecular weight is 511 g/mol. The summed E-state index contributed by atoms with van der Waals surface area (Å²) in [6.45, 7) is 14.0. The van der Waals surface area contributed by atoms with E-state index < -0.39 is 0 Å². The third-order valence-corrected chi connectivity index (χ3v) is 6.14. The van der Waals surface area contributed by atoms with E-state index in [1.54, 1.807) is 0 Å². The minimum atomic E-state index is 0. The van der Waals surface area contributed by atoms with Crippen LogP contribution in [0.2, 0.25) is 0 Å². The van der Waals surface area contributed by atoms with Gasteiger partial charge >= 0.3 is 0 Å². The number of likely N-dealkylation sites (tertiary alicyclic amines) is 1. The molecule has 3 heterocycles. The summed E-state index contributed by atoms with van der Waals surface area (Å²) in [5.74, 6) is 1.04. The zero-order valence-corrected chi connectivity index (χ0v) is 20.2. The Labute approximate surface area is 191 Å². The lowest BCUT2D eigenvalue weighted by Crippen LogP contribution is -2.46. The highest BCUT2D eigenvalue weighted by Gasteiger charge is 2.30. The minimum absolute atomic E-state index is 0. The van der Waals surface area contributed by atoms with Crippen LogP contribution in [0.3, 0.4) is 0 Å². The molecule has 7 heteroatoms. The van der Waals surface area contributed by atoms with Crippen LogP contribution in [-0.4, -0.2) is 72.7 Å². The van der Waals surface area contributed by atoms with Gasteiger partial charge in [0.05, 0.1) is 19.8 Å². The van der Waals surface area contributed by atoms with Crippen LogP contribution in [0, 0.1) is 13.8 Å². The number of hydrogen-bond donors (Lipinski definition) is 2. The first-order valence-electron chi connectivity index (χ1n) is 10.6. The number of halogens is 1. The molecule has 160 valence electrons. The highest BCUT2D eigenvalue weighted by Crippen LogP contribution is 2.23. The molecule has 1 unspecified atom stereocenters. The van der Waals surface area contributed by atoms with Crippen LogP contribution >= 0.6 is 24.0 Å². The van der Waals surface area contributed by atoms with E-state index in [1.807, 2.05) is 0 Å². The molecule has 2 aromatic rings. The van der Waals surface area contributed by atoms with E-state index in [1.165, 1.54) is 34.1 Å². The Hall–Kier alpha value is -1.32. The molecule has 2 aliphatic heterocycles. The predicted molar refractivity (Wildman–Crippen MR) is 130 cm³/mol. The smallest absolute Gasteiger partial charge is 0.194 e. The fraction of sp³-hybridized carbons (Fsp3) is 0.591. The second kappa shape index (κ2) is 10.1. The fourth-order valence-corrected chi connectivity index (χ4v) is 4.37. The van der Waals surface area contributed by atoms with Crippen molar-refractivity contribution in [3.8, 4) is 0 Å². The Morgan fingerprint density at radius 2 is 2.03 bits per heavy atom. The van der Waals surface area contributed by atoms with Gasteiger partial charge in [-0.15, -0.1) is 24.0 Å². The van der Waals surface area contributed by atoms with Gasteiger partial charge in [-0.05, 0) is 50.5 Å². The number of nitrogens with one attached hydrogen (secondary N) is 2. The van der Waals surface area contributed by atoms with Crippen molar-refractivity contribution in [3.05, 3.63) is 35.0 Å². The lowest BCUT2D eigenvalue weighted by molar-refractivity contribution is 0.0195. The first-order valence-corrected chi connectivity index (χ1v) is 10.6. The van der Waals surface area contributed by atoms with Crippen LogP contribution in [0.25, 0.3) is 10.9 Å². The number of rotatable bonds is 4. The van der Waals surface area contributed by atoms with Gasteiger partial charge in [0, 0.05) is 55.4 Å². The number of aromatic nitrogens is 1. The Morgan fingerprint density at radius 3 is 2.79 bits per heavy atom. The molecule has 0 spiro atoms. The number of guanidine groups is 1. The molecule has 2 N–H and O–H groups in total. The largest absolute Gasteiger partial charge is 0.379 e. The van der Waals surface area contributed by atoms with Crippen LogP contribution in [0.15, 0.2) is 23.2 Å². The maximum atomic E-state index is 5.51. The van der Waals surface area contributed by atoms with E-state index in [0.717, 1.165) is 51.9 Å². The first kappa shape index (κ1) is 22.4. The summed E-state index contributed by atoms with van der Waals surface area (Å²) >= 11 is 0. The number of benzene rings is 1. The maximum absolute atomic E-state index is 5.51. The molecule has 2 aliphatic rings. The standard InChI is InChI=1S/C22H33N5O.HI/c1-4-23-22(27-8-7-19(15-27)26-9-11-28-12-10-26)24-14-18-5-6-21-20(13-18)16(2)17(3)25-21;/h5-6,13,19,25H,4,7-12,14-15H2,1-3H3,(H,23,24);1H. The summed E-state index contributed by atoms with van der Waals surface area (Å²) in [4.78, 5) is 13.4. The average Bonchev–Trinajstić information content (AvgIpc) is 3.32. The molecular weight excluding hydrogens is 477 g/mol. The van der Waals surface area contributed by atoms with Gasteiger partial charge in [0.25, 0.3) is 0 Å². The summed E-state index contributed by atoms with van der Waals surface area (Å²) in [6.07, 6.45) is 1.21. The molecule has 4 rings (SSSR count). The van der Waals surface area contributed by atoms with Crippen molar-refractivity contribution < 1.29 is 4.74 Å². The molecule has 1 aromatic carbocycles. The topological polar surface area (TPSA) is 55.9 Å². The van der Waals surface area contributed by atoms with Gasteiger partial charge < -0.3 is 19.9 Å². The van der Waals surface area contributed by atoms with Crippen LogP contribution in [0.1, 0.15) is 30.2 Å². The van der Waals surface area contributed by atoms with Gasteiger partial charge in [0.2, 0.25) is 0 Å². The van der Waals surface area contributed by atoms with Crippen LogP contribution < -0.4 is 5.32 Å². The molecule has 29 heavy (non-hydrogen) atoms. The Kier molecular flexibility index (Phi) is 7.81. The summed E-state index contributed by atoms with van der Waals surface area (Å²) in [5, 5.41) is 4.81. The lowest BCUT2D eigenvalue weighted by atomic mass is 10.1. The Bertz CT molecular complexity index is 843. The van der Waals surface area contributed by atoms with Crippen molar-refractivity contribution in [2.75, 3.05) is 45.9 Å². The number of aliphatic imine (C=N–C) groups is 1. The molecule has 1 atom stereocenters. The molecule has 0 radical (unpaired) electrons. The van der Waals surface area contributed by atoms with E-state index in [-0.39, 0.29) is 24.0 Å². The number of H-pyrrole nitrogens is 1. The van der Waals surface area contributed by atoms with Crippen molar-refractivity contribution in [1.82, 2.24) is 20.1 Å². The van der Waals surface area contributed by atoms with Gasteiger partial charge in [-0.3, -0.25) is 4.90 Å². The molecular formula is C22H34IN5O. The zero-order chi connectivity index (χ0) is 19.5. The number of fused-ring (bicyclic) bond motifs is 1. The number of aromatic amines is 1. The van der Waals surface area contributed by atoms with Crippen molar-refractivity contribution in [3.63, 3.8) is 0 Å². The van der Waals surface area contributed by atoms with Crippen molar-refractivity contribution >= 4 is 40.8 Å². The maximum Gasteiger partial charge on any atom is 0.194 e. The van der Waals surface area contributed by atoms with E-state index in [0.29, 0.717) is 12.6 Å². The summed E-state index contributed by atoms with van der Waals surface area (Å²) in [7, 11) is 0. The first-order chi connectivity index (χ1) is 13.7. The van der Waals surface area contributed by atoms with Gasteiger partial charge in [-0.1, -0.05) is 6.07 Å². The third kappa shape index (κ3) is 5.06. The number of hydrogen-bond acceptors (Lipinski definition) is 3. The van der Waals surface area contributed by atoms with E-state index in [4.69, 9.17) is 9.73 Å². The quantitative estimate of drug-likeness (QED) is 0.376. The molecule has 0 bridgehead atoms. The van der Waals surface area contributed by atoms with Crippen molar-refractivity contribution in [2.45, 2.75) is 39.8 Å². The van der Waals surface area contributed by atoms with Gasteiger partial charge in [-0.2, -0.15) is 0 Å². The minimum Gasteiger partial charge on any atom is -0.379 e. The van der Waals surface area contributed by atoms with Gasteiger partial charge in [0.15, 0.2) is 5.96 Å². The van der Waals surface area contributed by atoms with E-state index in [9.17, 15) is 0 Å².